The lowest BCUT2D eigenvalue weighted by atomic mass is 9.83. The Labute approximate surface area is 179 Å². The van der Waals surface area contributed by atoms with Gasteiger partial charge in [0, 0.05) is 10.4 Å². The van der Waals surface area contributed by atoms with E-state index in [1.54, 1.807) is 31.4 Å². The van der Waals surface area contributed by atoms with Crippen LogP contribution in [0.2, 0.25) is 0 Å². The number of methoxy groups -OCH3 is 2. The van der Waals surface area contributed by atoms with Crippen LogP contribution in [0.4, 0.5) is 5.00 Å². The molecule has 1 unspecified atom stereocenters. The van der Waals surface area contributed by atoms with Crippen molar-refractivity contribution < 1.29 is 19.1 Å². The number of ether oxygens (including phenoxy) is 2. The van der Waals surface area contributed by atoms with E-state index in [1.165, 1.54) is 24.0 Å². The molecule has 0 saturated heterocycles. The minimum absolute atomic E-state index is 0.263. The molecule has 4 rings (SSSR count). The van der Waals surface area contributed by atoms with E-state index in [0.29, 0.717) is 27.8 Å². The highest BCUT2D eigenvalue weighted by Gasteiger charge is 2.30. The summed E-state index contributed by atoms with van der Waals surface area (Å²) in [5.41, 5.74) is 3.30. The fourth-order valence-electron chi connectivity index (χ4n) is 3.92. The fourth-order valence-corrected chi connectivity index (χ4v) is 5.23. The molecule has 1 N–H and O–H groups in total. The monoisotopic (exact) mass is 421 g/mol. The molecule has 1 aliphatic carbocycles. The number of esters is 1. The fraction of sp³-hybridized carbons (Fsp3) is 0.250. The first kappa shape index (κ1) is 20.2. The quantitative estimate of drug-likeness (QED) is 0.584. The van der Waals surface area contributed by atoms with Gasteiger partial charge in [0.2, 0.25) is 0 Å². The van der Waals surface area contributed by atoms with Crippen molar-refractivity contribution in [1.82, 2.24) is 0 Å². The molecule has 1 aromatic heterocycles. The van der Waals surface area contributed by atoms with Crippen molar-refractivity contribution in [1.29, 1.82) is 0 Å². The lowest BCUT2D eigenvalue weighted by molar-refractivity contribution is 0.0601. The molecule has 1 amide bonds. The second-order valence-electron chi connectivity index (χ2n) is 7.23. The minimum Gasteiger partial charge on any atom is -0.497 e. The van der Waals surface area contributed by atoms with Gasteiger partial charge in [-0.3, -0.25) is 4.79 Å². The zero-order chi connectivity index (χ0) is 21.1. The number of thiophene rings is 1. The molecule has 0 radical (unpaired) electrons. The number of carbonyl (C=O) groups excluding carboxylic acids is 2. The minimum atomic E-state index is -0.407. The largest absolute Gasteiger partial charge is 0.497 e. The topological polar surface area (TPSA) is 64.6 Å². The molecule has 30 heavy (non-hydrogen) atoms. The van der Waals surface area contributed by atoms with E-state index in [4.69, 9.17) is 9.47 Å². The van der Waals surface area contributed by atoms with Crippen LogP contribution in [0.1, 0.15) is 49.1 Å². The number of rotatable bonds is 5. The van der Waals surface area contributed by atoms with Crippen LogP contribution >= 0.6 is 11.3 Å². The number of anilines is 1. The van der Waals surface area contributed by atoms with E-state index < -0.39 is 5.97 Å². The molecule has 2 aromatic carbocycles. The molecule has 0 spiro atoms. The van der Waals surface area contributed by atoms with Gasteiger partial charge in [-0.05, 0) is 60.6 Å². The van der Waals surface area contributed by atoms with Gasteiger partial charge in [-0.25, -0.2) is 4.79 Å². The van der Waals surface area contributed by atoms with Gasteiger partial charge in [0.15, 0.2) is 0 Å². The number of benzene rings is 2. The average molecular weight is 422 g/mol. The van der Waals surface area contributed by atoms with Gasteiger partial charge in [0.05, 0.1) is 19.8 Å². The number of hydrogen-bond acceptors (Lipinski definition) is 5. The number of hydrogen-bond donors (Lipinski definition) is 1. The molecule has 0 saturated carbocycles. The highest BCUT2D eigenvalue weighted by Crippen LogP contribution is 2.42. The molecule has 154 valence electrons. The van der Waals surface area contributed by atoms with Crippen LogP contribution in [0.3, 0.4) is 0 Å². The SMILES string of the molecule is COC(=O)c1c(NC(=O)c2ccc(OC)cc2)sc2c1CCC(c1ccccc1)C2. The van der Waals surface area contributed by atoms with Gasteiger partial charge < -0.3 is 14.8 Å². The van der Waals surface area contributed by atoms with Crippen molar-refractivity contribution in [3.63, 3.8) is 0 Å². The van der Waals surface area contributed by atoms with Crippen LogP contribution in [0.5, 0.6) is 5.75 Å². The molecule has 1 aliphatic rings. The molecule has 0 fully saturated rings. The Morgan fingerprint density at radius 2 is 1.77 bits per heavy atom. The van der Waals surface area contributed by atoms with Gasteiger partial charge in [0.25, 0.3) is 5.91 Å². The lowest BCUT2D eigenvalue weighted by Crippen LogP contribution is -2.16. The van der Waals surface area contributed by atoms with Gasteiger partial charge >= 0.3 is 5.97 Å². The van der Waals surface area contributed by atoms with Crippen LogP contribution in [0, 0.1) is 0 Å². The summed E-state index contributed by atoms with van der Waals surface area (Å²) in [5, 5.41) is 3.49. The first-order valence-electron chi connectivity index (χ1n) is 9.84. The average Bonchev–Trinajstić information content (AvgIpc) is 3.16. The van der Waals surface area contributed by atoms with E-state index >= 15 is 0 Å². The third-order valence-electron chi connectivity index (χ3n) is 5.51. The second-order valence-corrected chi connectivity index (χ2v) is 8.34. The van der Waals surface area contributed by atoms with Crippen LogP contribution in [-0.2, 0) is 17.6 Å². The number of fused-ring (bicyclic) bond motifs is 1. The van der Waals surface area contributed by atoms with Crippen molar-refractivity contribution in [2.45, 2.75) is 25.2 Å². The van der Waals surface area contributed by atoms with Crippen molar-refractivity contribution >= 4 is 28.2 Å². The predicted molar refractivity (Wildman–Crippen MR) is 118 cm³/mol. The maximum absolute atomic E-state index is 12.8. The van der Waals surface area contributed by atoms with E-state index in [9.17, 15) is 9.59 Å². The summed E-state index contributed by atoms with van der Waals surface area (Å²) in [4.78, 5) is 26.5. The summed E-state index contributed by atoms with van der Waals surface area (Å²) in [6.07, 6.45) is 2.60. The summed E-state index contributed by atoms with van der Waals surface area (Å²) in [5.74, 6) is 0.421. The van der Waals surface area contributed by atoms with Gasteiger partial charge in [-0.1, -0.05) is 30.3 Å². The Bertz CT molecular complexity index is 1060. The summed E-state index contributed by atoms with van der Waals surface area (Å²) in [7, 11) is 2.95. The molecule has 1 heterocycles. The number of nitrogens with one attached hydrogen (secondary N) is 1. The Morgan fingerprint density at radius 1 is 1.03 bits per heavy atom. The summed E-state index contributed by atoms with van der Waals surface area (Å²) < 4.78 is 10.2. The number of carbonyl (C=O) groups is 2. The normalized spacial score (nSPS) is 15.2. The highest BCUT2D eigenvalue weighted by molar-refractivity contribution is 7.17. The van der Waals surface area contributed by atoms with Crippen molar-refractivity contribution in [2.75, 3.05) is 19.5 Å². The number of amides is 1. The van der Waals surface area contributed by atoms with Gasteiger partial charge in [-0.2, -0.15) is 0 Å². The van der Waals surface area contributed by atoms with Crippen LogP contribution < -0.4 is 10.1 Å². The Balaban J connectivity index is 1.62. The molecular weight excluding hydrogens is 398 g/mol. The van der Waals surface area contributed by atoms with Crippen molar-refractivity contribution in [3.05, 3.63) is 81.7 Å². The highest BCUT2D eigenvalue weighted by atomic mass is 32.1. The zero-order valence-electron chi connectivity index (χ0n) is 16.9. The van der Waals surface area contributed by atoms with Gasteiger partial charge in [-0.15, -0.1) is 11.3 Å². The van der Waals surface area contributed by atoms with Gasteiger partial charge in [0.1, 0.15) is 10.8 Å². The Morgan fingerprint density at radius 3 is 2.43 bits per heavy atom. The lowest BCUT2D eigenvalue weighted by Gasteiger charge is -2.22. The molecule has 0 bridgehead atoms. The standard InChI is InChI=1S/C24H23NO4S/c1-28-18-11-8-16(9-12-18)22(26)25-23-21(24(27)29-2)19-13-10-17(14-20(19)30-23)15-6-4-3-5-7-15/h3-9,11-12,17H,10,13-14H2,1-2H3,(H,25,26). The maximum Gasteiger partial charge on any atom is 0.341 e. The van der Waals surface area contributed by atoms with Crippen LogP contribution in [0.25, 0.3) is 0 Å². The summed E-state index contributed by atoms with van der Waals surface area (Å²) in [6.45, 7) is 0. The summed E-state index contributed by atoms with van der Waals surface area (Å²) in [6, 6.07) is 17.3. The zero-order valence-corrected chi connectivity index (χ0v) is 17.8. The third kappa shape index (κ3) is 3.96. The van der Waals surface area contributed by atoms with Crippen LogP contribution in [0.15, 0.2) is 54.6 Å². The van der Waals surface area contributed by atoms with Crippen LogP contribution in [-0.4, -0.2) is 26.1 Å². The maximum atomic E-state index is 12.8. The Hall–Kier alpha value is -3.12. The first-order valence-corrected chi connectivity index (χ1v) is 10.7. The molecule has 5 nitrogen and oxygen atoms in total. The van der Waals surface area contributed by atoms with E-state index in [2.05, 4.69) is 29.6 Å². The molecule has 3 aromatic rings. The van der Waals surface area contributed by atoms with E-state index in [-0.39, 0.29) is 5.91 Å². The molecular formula is C24H23NO4S. The molecule has 6 heteroatoms. The summed E-state index contributed by atoms with van der Waals surface area (Å²) >= 11 is 1.48. The first-order chi connectivity index (χ1) is 14.6. The Kier molecular flexibility index (Phi) is 5.86. The predicted octanol–water partition coefficient (Wildman–Crippen LogP) is 5.07. The van der Waals surface area contributed by atoms with E-state index in [0.717, 1.165) is 29.7 Å². The van der Waals surface area contributed by atoms with Crippen molar-refractivity contribution in [2.24, 2.45) is 0 Å². The van der Waals surface area contributed by atoms with E-state index in [1.807, 2.05) is 6.07 Å². The smallest absolute Gasteiger partial charge is 0.341 e. The second kappa shape index (κ2) is 8.71. The van der Waals surface area contributed by atoms with Crippen molar-refractivity contribution in [3.8, 4) is 5.75 Å². The molecule has 1 atom stereocenters. The molecule has 0 aliphatic heterocycles. The third-order valence-corrected chi connectivity index (χ3v) is 6.67.